The van der Waals surface area contributed by atoms with Gasteiger partial charge in [-0.1, -0.05) is 0 Å². The van der Waals surface area contributed by atoms with Crippen molar-refractivity contribution in [2.45, 2.75) is 19.3 Å². The summed E-state index contributed by atoms with van der Waals surface area (Å²) in [6.07, 6.45) is 3.78. The number of rotatable bonds is 6. The Morgan fingerprint density at radius 3 is 2.79 bits per heavy atom. The average molecular weight is 199 g/mol. The van der Waals surface area contributed by atoms with E-state index in [0.717, 1.165) is 18.9 Å². The zero-order chi connectivity index (χ0) is 10.4. The summed E-state index contributed by atoms with van der Waals surface area (Å²) < 4.78 is 0. The van der Waals surface area contributed by atoms with E-state index in [0.29, 0.717) is 0 Å². The zero-order valence-electron chi connectivity index (χ0n) is 9.71. The molecule has 0 aliphatic carbocycles. The Kier molecular flexibility index (Phi) is 5.45. The van der Waals surface area contributed by atoms with Crippen molar-refractivity contribution in [3.8, 4) is 0 Å². The Morgan fingerprint density at radius 2 is 2.21 bits per heavy atom. The molecule has 0 aromatic heterocycles. The van der Waals surface area contributed by atoms with Crippen molar-refractivity contribution < 1.29 is 0 Å². The number of hydrogen-bond acceptors (Lipinski definition) is 3. The summed E-state index contributed by atoms with van der Waals surface area (Å²) in [4.78, 5) is 4.89. The van der Waals surface area contributed by atoms with E-state index in [-0.39, 0.29) is 0 Å². The Hall–Kier alpha value is -0.120. The first-order valence-electron chi connectivity index (χ1n) is 5.79. The maximum atomic E-state index is 5.47. The summed E-state index contributed by atoms with van der Waals surface area (Å²) in [5.74, 6) is 0.892. The van der Waals surface area contributed by atoms with Crippen molar-refractivity contribution >= 4 is 0 Å². The minimum absolute atomic E-state index is 0.833. The minimum atomic E-state index is 0.833. The van der Waals surface area contributed by atoms with Crippen LogP contribution in [0.25, 0.3) is 0 Å². The third-order valence-electron chi connectivity index (χ3n) is 3.05. The van der Waals surface area contributed by atoms with Gasteiger partial charge in [0.05, 0.1) is 0 Å². The van der Waals surface area contributed by atoms with Gasteiger partial charge in [-0.3, -0.25) is 0 Å². The van der Waals surface area contributed by atoms with Gasteiger partial charge in [0, 0.05) is 13.1 Å². The summed E-state index contributed by atoms with van der Waals surface area (Å²) in [5, 5.41) is 0. The molecule has 0 saturated carbocycles. The van der Waals surface area contributed by atoms with Crippen molar-refractivity contribution in [2.75, 3.05) is 46.8 Å². The summed E-state index contributed by atoms with van der Waals surface area (Å²) in [7, 11) is 4.45. The first-order chi connectivity index (χ1) is 6.72. The smallest absolute Gasteiger partial charge is 0.00193 e. The van der Waals surface area contributed by atoms with Gasteiger partial charge in [0.2, 0.25) is 0 Å². The van der Waals surface area contributed by atoms with E-state index in [2.05, 4.69) is 23.9 Å². The van der Waals surface area contributed by atoms with E-state index in [1.165, 1.54) is 39.0 Å². The molecular weight excluding hydrogens is 174 g/mol. The highest BCUT2D eigenvalue weighted by atomic mass is 15.1. The van der Waals surface area contributed by atoms with Crippen LogP contribution in [0.3, 0.4) is 0 Å². The van der Waals surface area contributed by atoms with Gasteiger partial charge >= 0.3 is 0 Å². The normalized spacial score (nSPS) is 23.6. The van der Waals surface area contributed by atoms with Crippen LogP contribution in [0.2, 0.25) is 0 Å². The van der Waals surface area contributed by atoms with E-state index >= 15 is 0 Å². The summed E-state index contributed by atoms with van der Waals surface area (Å²) in [5.41, 5.74) is 5.47. The van der Waals surface area contributed by atoms with Crippen LogP contribution in [0, 0.1) is 5.92 Å². The first-order valence-corrected chi connectivity index (χ1v) is 5.79. The van der Waals surface area contributed by atoms with E-state index in [4.69, 9.17) is 5.73 Å². The van der Waals surface area contributed by atoms with Crippen LogP contribution in [0.1, 0.15) is 19.3 Å². The van der Waals surface area contributed by atoms with E-state index in [1.807, 2.05) is 0 Å². The molecule has 1 aliphatic rings. The molecule has 2 N–H and O–H groups in total. The lowest BCUT2D eigenvalue weighted by molar-refractivity contribution is 0.269. The average Bonchev–Trinajstić information content (AvgIpc) is 2.52. The van der Waals surface area contributed by atoms with Gasteiger partial charge < -0.3 is 15.5 Å². The lowest BCUT2D eigenvalue weighted by Gasteiger charge is -2.20. The Bertz CT molecular complexity index is 149. The number of hydrogen-bond donors (Lipinski definition) is 1. The molecule has 1 saturated heterocycles. The SMILES string of the molecule is CN(CCCCN)CC1CCN(C)C1. The van der Waals surface area contributed by atoms with Crippen molar-refractivity contribution in [1.29, 1.82) is 0 Å². The predicted octanol–water partition coefficient (Wildman–Crippen LogP) is 0.609. The van der Waals surface area contributed by atoms with Crippen LogP contribution in [-0.2, 0) is 0 Å². The molecule has 3 nitrogen and oxygen atoms in total. The predicted molar refractivity (Wildman–Crippen MR) is 61.4 cm³/mol. The van der Waals surface area contributed by atoms with Crippen molar-refractivity contribution in [1.82, 2.24) is 9.80 Å². The monoisotopic (exact) mass is 199 g/mol. The molecule has 1 aliphatic heterocycles. The first kappa shape index (κ1) is 12.0. The van der Waals surface area contributed by atoms with Crippen LogP contribution in [-0.4, -0.2) is 56.6 Å². The second kappa shape index (κ2) is 6.38. The highest BCUT2D eigenvalue weighted by molar-refractivity contribution is 4.75. The largest absolute Gasteiger partial charge is 0.330 e. The fourth-order valence-corrected chi connectivity index (χ4v) is 2.23. The lowest BCUT2D eigenvalue weighted by Crippen LogP contribution is -2.28. The molecule has 0 amide bonds. The second-order valence-electron chi connectivity index (χ2n) is 4.67. The van der Waals surface area contributed by atoms with Crippen LogP contribution in [0.5, 0.6) is 0 Å². The molecule has 14 heavy (non-hydrogen) atoms. The van der Waals surface area contributed by atoms with Gasteiger partial charge in [0.25, 0.3) is 0 Å². The number of nitrogens with two attached hydrogens (primary N) is 1. The van der Waals surface area contributed by atoms with Crippen LogP contribution in [0.15, 0.2) is 0 Å². The van der Waals surface area contributed by atoms with Crippen LogP contribution >= 0.6 is 0 Å². The highest BCUT2D eigenvalue weighted by Crippen LogP contribution is 2.15. The maximum Gasteiger partial charge on any atom is 0.00193 e. The third kappa shape index (κ3) is 4.40. The molecule has 0 aromatic rings. The molecule has 0 bridgehead atoms. The molecule has 1 rings (SSSR count). The summed E-state index contributed by atoms with van der Waals surface area (Å²) in [6.45, 7) is 5.86. The van der Waals surface area contributed by atoms with E-state index in [1.54, 1.807) is 0 Å². The Morgan fingerprint density at radius 1 is 1.43 bits per heavy atom. The van der Waals surface area contributed by atoms with Gasteiger partial charge in [-0.25, -0.2) is 0 Å². The van der Waals surface area contributed by atoms with Gasteiger partial charge in [0.1, 0.15) is 0 Å². The van der Waals surface area contributed by atoms with Gasteiger partial charge in [-0.05, 0) is 58.9 Å². The molecule has 0 aromatic carbocycles. The second-order valence-corrected chi connectivity index (χ2v) is 4.67. The maximum absolute atomic E-state index is 5.47. The fraction of sp³-hybridized carbons (Fsp3) is 1.00. The number of likely N-dealkylation sites (tertiary alicyclic amines) is 1. The molecule has 1 heterocycles. The number of nitrogens with zero attached hydrogens (tertiary/aromatic N) is 2. The molecule has 1 atom stereocenters. The van der Waals surface area contributed by atoms with E-state index in [9.17, 15) is 0 Å². The molecule has 0 spiro atoms. The molecule has 1 fully saturated rings. The summed E-state index contributed by atoms with van der Waals surface area (Å²) in [6, 6.07) is 0. The third-order valence-corrected chi connectivity index (χ3v) is 3.05. The molecule has 3 heteroatoms. The van der Waals surface area contributed by atoms with Gasteiger partial charge in [-0.15, -0.1) is 0 Å². The molecule has 0 radical (unpaired) electrons. The van der Waals surface area contributed by atoms with Crippen molar-refractivity contribution in [3.63, 3.8) is 0 Å². The minimum Gasteiger partial charge on any atom is -0.330 e. The quantitative estimate of drug-likeness (QED) is 0.636. The molecular formula is C11H25N3. The van der Waals surface area contributed by atoms with Crippen LogP contribution in [0.4, 0.5) is 0 Å². The van der Waals surface area contributed by atoms with Crippen molar-refractivity contribution in [3.05, 3.63) is 0 Å². The van der Waals surface area contributed by atoms with Crippen LogP contribution < -0.4 is 5.73 Å². The highest BCUT2D eigenvalue weighted by Gasteiger charge is 2.20. The topological polar surface area (TPSA) is 32.5 Å². The Labute approximate surface area is 88.2 Å². The molecule has 84 valence electrons. The van der Waals surface area contributed by atoms with Gasteiger partial charge in [0.15, 0.2) is 0 Å². The lowest BCUT2D eigenvalue weighted by atomic mass is 10.1. The van der Waals surface area contributed by atoms with Gasteiger partial charge in [-0.2, -0.15) is 0 Å². The molecule has 1 unspecified atom stereocenters. The fourth-order valence-electron chi connectivity index (χ4n) is 2.23. The zero-order valence-corrected chi connectivity index (χ0v) is 9.71. The van der Waals surface area contributed by atoms with Crippen molar-refractivity contribution in [2.24, 2.45) is 11.7 Å². The summed E-state index contributed by atoms with van der Waals surface area (Å²) >= 11 is 0. The van der Waals surface area contributed by atoms with E-state index < -0.39 is 0 Å². The number of unbranched alkanes of at least 4 members (excludes halogenated alkanes) is 1. The standard InChI is InChI=1S/C11H25N3/c1-13(7-4-3-6-12)9-11-5-8-14(2)10-11/h11H,3-10,12H2,1-2H3. The Balaban J connectivity index is 2.05.